The zero-order valence-electron chi connectivity index (χ0n) is 33.8. The van der Waals surface area contributed by atoms with Crippen molar-refractivity contribution in [2.75, 3.05) is 24.1 Å². The van der Waals surface area contributed by atoms with Gasteiger partial charge in [0.2, 0.25) is 11.8 Å². The predicted molar refractivity (Wildman–Crippen MR) is 222 cm³/mol. The third-order valence-electron chi connectivity index (χ3n) is 12.0. The fourth-order valence-corrected chi connectivity index (χ4v) is 8.25. The molecule has 2 aliphatic heterocycles. The molecule has 0 bridgehead atoms. The molecule has 64 heavy (non-hydrogen) atoms. The monoisotopic (exact) mass is 884 g/mol. The van der Waals surface area contributed by atoms with Crippen molar-refractivity contribution >= 4 is 63.8 Å². The minimum atomic E-state index is -2.86. The average molecular weight is 885 g/mol. The molecule has 21 heteroatoms. The van der Waals surface area contributed by atoms with E-state index in [0.29, 0.717) is 39.6 Å². The summed E-state index contributed by atoms with van der Waals surface area (Å²) in [6, 6.07) is 17.8. The highest BCUT2D eigenvalue weighted by Crippen LogP contribution is 2.42. The Morgan fingerprint density at radius 1 is 0.641 bits per heavy atom. The van der Waals surface area contributed by atoms with Crippen LogP contribution in [0.25, 0.3) is 16.9 Å². The number of anilines is 3. The molecule has 2 saturated heterocycles. The molecule has 2 spiro atoms. The molecule has 5 heterocycles. The maximum Gasteiger partial charge on any atom is 0.332 e. The molecule has 0 radical (unpaired) electrons. The van der Waals surface area contributed by atoms with Crippen molar-refractivity contribution in [1.29, 1.82) is 0 Å². The Hall–Kier alpha value is -7.45. The molecular weight excluding hydrogens is 845 g/mol. The van der Waals surface area contributed by atoms with Crippen LogP contribution in [-0.2, 0) is 9.59 Å². The summed E-state index contributed by atoms with van der Waals surface area (Å²) < 4.78 is 55.4. The third kappa shape index (κ3) is 8.39. The van der Waals surface area contributed by atoms with Gasteiger partial charge in [-0.3, -0.25) is 29.0 Å². The van der Waals surface area contributed by atoms with E-state index in [1.807, 2.05) is 0 Å². The number of nitrogens with zero attached hydrogens (tertiary/aromatic N) is 5. The number of nitrogens with two attached hydrogens (primary N) is 1. The Morgan fingerprint density at radius 2 is 1.11 bits per heavy atom. The lowest BCUT2D eigenvalue weighted by Crippen LogP contribution is -2.51. The van der Waals surface area contributed by atoms with Crippen molar-refractivity contribution in [1.82, 2.24) is 40.0 Å². The number of aromatic amines is 1. The first kappa shape index (κ1) is 43.2. The number of benzene rings is 2. The van der Waals surface area contributed by atoms with Gasteiger partial charge in [-0.15, -0.1) is 0 Å². The van der Waals surface area contributed by atoms with Crippen molar-refractivity contribution in [2.45, 2.75) is 74.3 Å². The van der Waals surface area contributed by atoms with E-state index in [-0.39, 0.29) is 36.9 Å². The van der Waals surface area contributed by atoms with Gasteiger partial charge in [-0.2, -0.15) is 0 Å². The topological polar surface area (TPSA) is 235 Å². The molecule has 6 amide bonds. The number of imidazole rings is 1. The zero-order valence-corrected chi connectivity index (χ0v) is 33.8. The van der Waals surface area contributed by atoms with Crippen LogP contribution in [0, 0.1) is 0 Å². The van der Waals surface area contributed by atoms with Crippen LogP contribution < -0.4 is 27.4 Å². The number of carbonyl (C=O) groups is 6. The number of pyridine rings is 2. The first-order valence-electron chi connectivity index (χ1n) is 20.2. The third-order valence-corrected chi connectivity index (χ3v) is 12.0. The molecule has 4 fully saturated rings. The number of amides is 6. The van der Waals surface area contributed by atoms with E-state index in [1.54, 1.807) is 73.1 Å². The number of aromatic nitrogens is 4. The smallest absolute Gasteiger partial charge is 0.332 e. The van der Waals surface area contributed by atoms with Gasteiger partial charge in [0, 0.05) is 54.9 Å². The van der Waals surface area contributed by atoms with Crippen LogP contribution in [-0.4, -0.2) is 101 Å². The minimum absolute atomic E-state index is 0.147. The predicted octanol–water partition coefficient (Wildman–Crippen LogP) is 5.49. The molecule has 2 saturated carbocycles. The summed E-state index contributed by atoms with van der Waals surface area (Å²) in [5.41, 5.74) is 5.89. The molecule has 9 rings (SSSR count). The number of rotatable bonds is 9. The van der Waals surface area contributed by atoms with Crippen molar-refractivity contribution in [3.05, 3.63) is 107 Å². The SMILES string of the molecule is Nc1cccnc1Nc1ccc(C(=O)CN2C(=O)NC3(CCC(F)(F)CC3)C2=O)cc1.O=C(CN1C(=O)NC2(CCC(F)(F)CC2)C1=O)c1ccc(-n2c(=O)[nH]c3cccnc32)cc1. The summed E-state index contributed by atoms with van der Waals surface area (Å²) in [6.45, 7) is -0.959. The second kappa shape index (κ2) is 16.3. The summed E-state index contributed by atoms with van der Waals surface area (Å²) in [7, 11) is 0. The second-order valence-electron chi connectivity index (χ2n) is 16.2. The highest BCUT2D eigenvalue weighted by Gasteiger charge is 2.57. The highest BCUT2D eigenvalue weighted by atomic mass is 19.3. The Labute approximate surface area is 360 Å². The van der Waals surface area contributed by atoms with E-state index in [0.717, 1.165) is 9.80 Å². The van der Waals surface area contributed by atoms with Crippen LogP contribution in [0.15, 0.2) is 90.0 Å². The summed E-state index contributed by atoms with van der Waals surface area (Å²) in [6.07, 6.45) is 0.575. The van der Waals surface area contributed by atoms with E-state index >= 15 is 0 Å². The molecule has 3 aromatic heterocycles. The normalized spacial score (nSPS) is 19.3. The van der Waals surface area contributed by atoms with Gasteiger partial charge < -0.3 is 26.7 Å². The zero-order chi connectivity index (χ0) is 45.6. The lowest BCUT2D eigenvalue weighted by atomic mass is 9.80. The number of nitrogens with one attached hydrogen (secondary N) is 4. The Morgan fingerprint density at radius 3 is 1.61 bits per heavy atom. The van der Waals surface area contributed by atoms with Crippen LogP contribution in [0.5, 0.6) is 0 Å². The Bertz CT molecular complexity index is 2740. The Kier molecular flexibility index (Phi) is 11.0. The first-order chi connectivity index (χ1) is 30.4. The van der Waals surface area contributed by atoms with E-state index in [1.165, 1.54) is 16.7 Å². The van der Waals surface area contributed by atoms with E-state index < -0.39 is 97.1 Å². The molecule has 6 N–H and O–H groups in total. The van der Waals surface area contributed by atoms with E-state index in [9.17, 15) is 51.1 Å². The van der Waals surface area contributed by atoms with Gasteiger partial charge in [0.05, 0.1) is 30.0 Å². The van der Waals surface area contributed by atoms with Gasteiger partial charge in [0.15, 0.2) is 23.0 Å². The fraction of sp³-hybridized carbons (Fsp3) is 0.326. The lowest BCUT2D eigenvalue weighted by Gasteiger charge is -2.34. The molecule has 17 nitrogen and oxygen atoms in total. The molecule has 0 unspecified atom stereocenters. The fourth-order valence-electron chi connectivity index (χ4n) is 8.25. The molecule has 0 atom stereocenters. The molecule has 4 aliphatic rings. The number of ketones is 2. The maximum atomic E-state index is 13.5. The number of hydrogen-bond donors (Lipinski definition) is 5. The van der Waals surface area contributed by atoms with Crippen molar-refractivity contribution in [3.63, 3.8) is 0 Å². The summed E-state index contributed by atoms with van der Waals surface area (Å²) in [5, 5.41) is 8.08. The lowest BCUT2D eigenvalue weighted by molar-refractivity contribution is -0.136. The molecular formula is C43H40F4N10O7. The van der Waals surface area contributed by atoms with Crippen LogP contribution in [0.1, 0.15) is 72.1 Å². The van der Waals surface area contributed by atoms with Crippen molar-refractivity contribution in [3.8, 4) is 5.69 Å². The molecule has 2 aliphatic carbocycles. The van der Waals surface area contributed by atoms with Crippen LogP contribution >= 0.6 is 0 Å². The van der Waals surface area contributed by atoms with Crippen LogP contribution in [0.4, 0.5) is 44.3 Å². The van der Waals surface area contributed by atoms with Gasteiger partial charge >= 0.3 is 17.8 Å². The molecule has 332 valence electrons. The van der Waals surface area contributed by atoms with E-state index in [2.05, 4.69) is 30.9 Å². The van der Waals surface area contributed by atoms with Gasteiger partial charge in [-0.25, -0.2) is 46.5 Å². The largest absolute Gasteiger partial charge is 0.396 e. The summed E-state index contributed by atoms with van der Waals surface area (Å²) >= 11 is 0. The summed E-state index contributed by atoms with van der Waals surface area (Å²) in [5.74, 6) is -7.42. The number of hydrogen-bond acceptors (Lipinski definition) is 11. The van der Waals surface area contributed by atoms with Gasteiger partial charge in [-0.05, 0) is 98.5 Å². The van der Waals surface area contributed by atoms with Crippen LogP contribution in [0.2, 0.25) is 0 Å². The number of H-pyrrole nitrogens is 1. The van der Waals surface area contributed by atoms with Crippen LogP contribution in [0.3, 0.4) is 0 Å². The number of alkyl halides is 4. The maximum absolute atomic E-state index is 13.5. The van der Waals surface area contributed by atoms with Gasteiger partial charge in [0.1, 0.15) is 11.1 Å². The van der Waals surface area contributed by atoms with Crippen molar-refractivity contribution in [2.24, 2.45) is 0 Å². The minimum Gasteiger partial charge on any atom is -0.396 e. The van der Waals surface area contributed by atoms with Crippen molar-refractivity contribution < 1.29 is 46.3 Å². The highest BCUT2D eigenvalue weighted by molar-refractivity contribution is 6.12. The molecule has 5 aromatic rings. The second-order valence-corrected chi connectivity index (χ2v) is 16.2. The van der Waals surface area contributed by atoms with Gasteiger partial charge in [-0.1, -0.05) is 0 Å². The number of carbonyl (C=O) groups excluding carboxylic acids is 6. The molecule has 2 aromatic carbocycles. The summed E-state index contributed by atoms with van der Waals surface area (Å²) in [4.78, 5) is 101. The Balaban J connectivity index is 0.000000175. The quantitative estimate of drug-likeness (QED) is 0.0706. The number of Topliss-reactive ketones (excluding diaryl/α,β-unsaturated/α-hetero) is 2. The standard InChI is InChI=1S/C22H19F2N5O4.C21H21F2N5O3/c23-22(24)9-7-21(8-10-22)18(31)28(20(33)27-21)12-16(30)13-3-5-14(6-4-13)29-17-15(26-19(29)32)2-1-11-25-17;22-21(23)9-7-20(8-10-21)18(30)28(19(31)27-20)12-16(29)13-3-5-14(6-4-13)26-17-15(24)2-1-11-25-17/h1-6,11H,7-10,12H2,(H,26,32)(H,27,33);1-6,11H,7-10,12,24H2,(H,25,26)(H,27,31). The number of fused-ring (bicyclic) bond motifs is 1. The number of imide groups is 2. The number of nitrogen functional groups attached to an aromatic ring is 1. The van der Waals surface area contributed by atoms with E-state index in [4.69, 9.17) is 5.73 Å². The first-order valence-corrected chi connectivity index (χ1v) is 20.2. The van der Waals surface area contributed by atoms with Gasteiger partial charge in [0.25, 0.3) is 11.8 Å². The number of urea groups is 2. The average Bonchev–Trinajstić information content (AvgIpc) is 3.82. The number of halogens is 4.